The van der Waals surface area contributed by atoms with Crippen LogP contribution in [0.4, 0.5) is 10.1 Å². The third-order valence-electron chi connectivity index (χ3n) is 5.28. The molecule has 0 fully saturated rings. The molecule has 0 saturated heterocycles. The molecule has 148 valence electrons. The van der Waals surface area contributed by atoms with Crippen LogP contribution in [-0.2, 0) is 0 Å². The largest absolute Gasteiger partial charge is 0.497 e. The molecule has 0 spiro atoms. The number of fused-ring (bicyclic) bond motifs is 2. The van der Waals surface area contributed by atoms with Gasteiger partial charge in [-0.2, -0.15) is 0 Å². The Kier molecular flexibility index (Phi) is 4.13. The number of carbonyl (C=O) groups excluding carboxylic acids is 1. The van der Waals surface area contributed by atoms with Crippen molar-refractivity contribution in [2.24, 2.45) is 0 Å². The van der Waals surface area contributed by atoms with Crippen molar-refractivity contribution >= 4 is 22.6 Å². The molecule has 0 aliphatic carbocycles. The molecule has 1 aromatic heterocycles. The summed E-state index contributed by atoms with van der Waals surface area (Å²) in [7, 11) is 1.54. The number of benzene rings is 3. The van der Waals surface area contributed by atoms with Crippen molar-refractivity contribution in [3.8, 4) is 5.75 Å². The van der Waals surface area contributed by atoms with Crippen molar-refractivity contribution in [2.75, 3.05) is 12.0 Å². The minimum absolute atomic E-state index is 0.0317. The molecule has 1 amide bonds. The number of nitrogens with zero attached hydrogens (tertiary/aromatic N) is 1. The lowest BCUT2D eigenvalue weighted by atomic mass is 9.98. The van der Waals surface area contributed by atoms with Gasteiger partial charge < -0.3 is 9.15 Å². The molecule has 5 rings (SSSR count). The van der Waals surface area contributed by atoms with E-state index in [-0.39, 0.29) is 22.3 Å². The number of rotatable bonds is 3. The fourth-order valence-corrected chi connectivity index (χ4v) is 3.92. The van der Waals surface area contributed by atoms with Gasteiger partial charge in [-0.25, -0.2) is 4.39 Å². The third-order valence-corrected chi connectivity index (χ3v) is 5.28. The van der Waals surface area contributed by atoms with Gasteiger partial charge >= 0.3 is 0 Å². The zero-order chi connectivity index (χ0) is 20.8. The first-order valence-corrected chi connectivity index (χ1v) is 9.37. The monoisotopic (exact) mass is 401 g/mol. The molecule has 2 heterocycles. The molecule has 0 radical (unpaired) electrons. The number of ether oxygens (including phenoxy) is 1. The van der Waals surface area contributed by atoms with E-state index in [9.17, 15) is 14.0 Å². The fraction of sp³-hybridized carbons (Fsp3) is 0.0833. The predicted octanol–water partition coefficient (Wildman–Crippen LogP) is 4.69. The van der Waals surface area contributed by atoms with Crippen LogP contribution < -0.4 is 15.1 Å². The Bertz CT molecular complexity index is 1350. The number of hydrogen-bond acceptors (Lipinski definition) is 4. The zero-order valence-electron chi connectivity index (χ0n) is 16.0. The van der Waals surface area contributed by atoms with Crippen LogP contribution in [0.15, 0.2) is 82.0 Å². The summed E-state index contributed by atoms with van der Waals surface area (Å²) >= 11 is 0. The number of methoxy groups -OCH3 is 1. The minimum atomic E-state index is -0.704. The molecule has 1 aliphatic heterocycles. The third kappa shape index (κ3) is 2.69. The highest BCUT2D eigenvalue weighted by atomic mass is 19.1. The summed E-state index contributed by atoms with van der Waals surface area (Å²) in [6.07, 6.45) is 0. The summed E-state index contributed by atoms with van der Waals surface area (Å²) in [5.41, 5.74) is 1.27. The van der Waals surface area contributed by atoms with E-state index in [1.165, 1.54) is 17.0 Å². The van der Waals surface area contributed by atoms with Gasteiger partial charge in [-0.3, -0.25) is 14.5 Å². The SMILES string of the molecule is COc1cccc(N2C(=O)c3oc4ccc(F)cc4c(=O)c3C2c2ccccc2)c1. The van der Waals surface area contributed by atoms with Crippen molar-refractivity contribution in [3.05, 3.63) is 106 Å². The average molecular weight is 401 g/mol. The number of amides is 1. The standard InChI is InChI=1S/C24H16FNO4/c1-29-17-9-5-8-16(13-17)26-21(14-6-3-2-4-7-14)20-22(27)18-12-15(25)10-11-19(18)30-23(20)24(26)28/h2-13,21H,1H3. The van der Waals surface area contributed by atoms with Crippen molar-refractivity contribution in [3.63, 3.8) is 0 Å². The summed E-state index contributed by atoms with van der Waals surface area (Å²) < 4.78 is 24.9. The Labute approximate surface area is 170 Å². The number of halogens is 1. The van der Waals surface area contributed by atoms with Gasteiger partial charge in [0.05, 0.1) is 24.1 Å². The normalized spacial score (nSPS) is 15.5. The van der Waals surface area contributed by atoms with E-state index in [1.807, 2.05) is 30.3 Å². The molecular formula is C24H16FNO4. The molecule has 0 bridgehead atoms. The molecule has 1 aliphatic rings. The summed E-state index contributed by atoms with van der Waals surface area (Å²) in [5, 5.41) is 0.106. The van der Waals surface area contributed by atoms with E-state index in [2.05, 4.69) is 0 Å². The second kappa shape index (κ2) is 6.84. The van der Waals surface area contributed by atoms with Crippen LogP contribution in [-0.4, -0.2) is 13.0 Å². The van der Waals surface area contributed by atoms with E-state index < -0.39 is 23.2 Å². The van der Waals surface area contributed by atoms with Gasteiger partial charge in [0.2, 0.25) is 5.76 Å². The summed E-state index contributed by atoms with van der Waals surface area (Å²) in [5.74, 6) is -0.430. The van der Waals surface area contributed by atoms with Crippen LogP contribution in [0.3, 0.4) is 0 Å². The maximum absolute atomic E-state index is 13.8. The summed E-state index contributed by atoms with van der Waals surface area (Å²) in [4.78, 5) is 28.3. The van der Waals surface area contributed by atoms with Gasteiger partial charge in [0, 0.05) is 11.8 Å². The van der Waals surface area contributed by atoms with Gasteiger partial charge in [-0.05, 0) is 35.9 Å². The lowest BCUT2D eigenvalue weighted by molar-refractivity contribution is 0.0971. The van der Waals surface area contributed by atoms with E-state index >= 15 is 0 Å². The van der Waals surface area contributed by atoms with Gasteiger partial charge in [0.25, 0.3) is 5.91 Å². The molecule has 3 aromatic carbocycles. The van der Waals surface area contributed by atoms with Crippen LogP contribution in [0.1, 0.15) is 27.7 Å². The molecule has 4 aromatic rings. The quantitative estimate of drug-likeness (QED) is 0.500. The van der Waals surface area contributed by atoms with Gasteiger partial charge in [0.1, 0.15) is 17.1 Å². The second-order valence-electron chi connectivity index (χ2n) is 7.00. The van der Waals surface area contributed by atoms with E-state index in [1.54, 1.807) is 31.4 Å². The van der Waals surface area contributed by atoms with Crippen molar-refractivity contribution in [1.29, 1.82) is 0 Å². The first-order valence-electron chi connectivity index (χ1n) is 9.37. The number of carbonyl (C=O) groups is 1. The first kappa shape index (κ1) is 18.1. The molecule has 1 atom stereocenters. The molecule has 5 nitrogen and oxygen atoms in total. The first-order chi connectivity index (χ1) is 14.6. The second-order valence-corrected chi connectivity index (χ2v) is 7.00. The Morgan fingerprint density at radius 2 is 1.77 bits per heavy atom. The molecule has 6 heteroatoms. The Morgan fingerprint density at radius 3 is 2.53 bits per heavy atom. The number of hydrogen-bond donors (Lipinski definition) is 0. The molecular weight excluding hydrogens is 385 g/mol. The maximum Gasteiger partial charge on any atom is 0.295 e. The Hall–Kier alpha value is -3.93. The molecule has 0 N–H and O–H groups in total. The van der Waals surface area contributed by atoms with Crippen molar-refractivity contribution in [1.82, 2.24) is 0 Å². The zero-order valence-corrected chi connectivity index (χ0v) is 16.0. The van der Waals surface area contributed by atoms with E-state index in [0.29, 0.717) is 11.4 Å². The highest BCUT2D eigenvalue weighted by molar-refractivity contribution is 6.10. The van der Waals surface area contributed by atoms with Crippen LogP contribution in [0.2, 0.25) is 0 Å². The smallest absolute Gasteiger partial charge is 0.295 e. The topological polar surface area (TPSA) is 59.8 Å². The molecule has 0 saturated carbocycles. The van der Waals surface area contributed by atoms with Crippen molar-refractivity contribution < 1.29 is 18.3 Å². The highest BCUT2D eigenvalue weighted by Crippen LogP contribution is 2.41. The van der Waals surface area contributed by atoms with Crippen molar-refractivity contribution in [2.45, 2.75) is 6.04 Å². The summed E-state index contributed by atoms with van der Waals surface area (Å²) in [6, 6.07) is 19.3. The van der Waals surface area contributed by atoms with Crippen LogP contribution >= 0.6 is 0 Å². The van der Waals surface area contributed by atoms with Gasteiger partial charge in [-0.15, -0.1) is 0 Å². The van der Waals surface area contributed by atoms with E-state index in [0.717, 1.165) is 11.6 Å². The number of anilines is 1. The predicted molar refractivity (Wildman–Crippen MR) is 111 cm³/mol. The Balaban J connectivity index is 1.81. The highest BCUT2D eigenvalue weighted by Gasteiger charge is 2.43. The maximum atomic E-state index is 13.8. The van der Waals surface area contributed by atoms with E-state index in [4.69, 9.17) is 9.15 Å². The Morgan fingerprint density at radius 1 is 0.967 bits per heavy atom. The average Bonchev–Trinajstić information content (AvgIpc) is 3.07. The van der Waals surface area contributed by atoms with Crippen LogP contribution in [0, 0.1) is 5.82 Å². The summed E-state index contributed by atoms with van der Waals surface area (Å²) in [6.45, 7) is 0. The van der Waals surface area contributed by atoms with Crippen LogP contribution in [0.25, 0.3) is 11.0 Å². The van der Waals surface area contributed by atoms with Gasteiger partial charge in [0.15, 0.2) is 5.43 Å². The molecule has 1 unspecified atom stereocenters. The molecule has 30 heavy (non-hydrogen) atoms. The fourth-order valence-electron chi connectivity index (χ4n) is 3.92. The lowest BCUT2D eigenvalue weighted by Crippen LogP contribution is -2.29. The van der Waals surface area contributed by atoms with Crippen LogP contribution in [0.5, 0.6) is 5.75 Å². The van der Waals surface area contributed by atoms with Gasteiger partial charge in [-0.1, -0.05) is 36.4 Å². The lowest BCUT2D eigenvalue weighted by Gasteiger charge is -2.25. The minimum Gasteiger partial charge on any atom is -0.497 e.